The van der Waals surface area contributed by atoms with Crippen LogP contribution in [0, 0.1) is 18.7 Å². The fraction of sp³-hybridized carbons (Fsp3) is 0.364. The van der Waals surface area contributed by atoms with Crippen LogP contribution >= 0.6 is 0 Å². The lowest BCUT2D eigenvalue weighted by atomic mass is 9.96. The minimum absolute atomic E-state index is 0.0927. The summed E-state index contributed by atoms with van der Waals surface area (Å²) in [4.78, 5) is 27.3. The van der Waals surface area contributed by atoms with Crippen LogP contribution in [0.2, 0.25) is 0 Å². The number of piperidine rings is 1. The molecule has 0 aliphatic carbocycles. The molecule has 1 unspecified atom stereocenters. The predicted molar refractivity (Wildman–Crippen MR) is 116 cm³/mol. The number of aryl methyl sites for hydroxylation is 1. The van der Waals surface area contributed by atoms with Crippen molar-refractivity contribution >= 4 is 27.5 Å². The molecule has 0 radical (unpaired) electrons. The van der Waals surface area contributed by atoms with Gasteiger partial charge >= 0.3 is 0 Å². The van der Waals surface area contributed by atoms with Crippen molar-refractivity contribution in [2.45, 2.75) is 24.7 Å². The Morgan fingerprint density at radius 1 is 1.13 bits per heavy atom. The third-order valence-electron chi connectivity index (χ3n) is 5.42. The Morgan fingerprint density at radius 2 is 1.81 bits per heavy atom. The van der Waals surface area contributed by atoms with Crippen molar-refractivity contribution in [2.75, 3.05) is 32.5 Å². The predicted octanol–water partition coefficient (Wildman–Crippen LogP) is 2.88. The smallest absolute Gasteiger partial charge is 0.253 e. The molecule has 1 fully saturated rings. The monoisotopic (exact) mass is 447 g/mol. The molecular weight excluding hydrogens is 421 g/mol. The lowest BCUT2D eigenvalue weighted by Crippen LogP contribution is -2.43. The lowest BCUT2D eigenvalue weighted by molar-refractivity contribution is -0.121. The first-order chi connectivity index (χ1) is 14.6. The Labute approximate surface area is 181 Å². The highest BCUT2D eigenvalue weighted by Crippen LogP contribution is 2.25. The lowest BCUT2D eigenvalue weighted by Gasteiger charge is -2.32. The molecule has 0 saturated carbocycles. The molecule has 2 aromatic carbocycles. The maximum absolute atomic E-state index is 13.1. The number of benzene rings is 2. The Bertz CT molecular complexity index is 1080. The van der Waals surface area contributed by atoms with Crippen LogP contribution in [0.4, 0.5) is 10.1 Å². The van der Waals surface area contributed by atoms with E-state index in [4.69, 9.17) is 0 Å². The summed E-state index contributed by atoms with van der Waals surface area (Å²) in [5, 5.41) is 2.83. The van der Waals surface area contributed by atoms with E-state index in [1.807, 2.05) is 0 Å². The van der Waals surface area contributed by atoms with Gasteiger partial charge in [-0.3, -0.25) is 9.59 Å². The molecule has 1 aliphatic rings. The van der Waals surface area contributed by atoms with Crippen molar-refractivity contribution < 1.29 is 22.4 Å². The van der Waals surface area contributed by atoms with Gasteiger partial charge in [0.05, 0.1) is 10.8 Å². The van der Waals surface area contributed by atoms with Gasteiger partial charge in [-0.15, -0.1) is 0 Å². The Kier molecular flexibility index (Phi) is 6.76. The van der Waals surface area contributed by atoms with Crippen LogP contribution in [0.25, 0.3) is 0 Å². The van der Waals surface area contributed by atoms with E-state index in [9.17, 15) is 22.4 Å². The Balaban J connectivity index is 1.73. The van der Waals surface area contributed by atoms with Gasteiger partial charge in [-0.25, -0.2) is 17.1 Å². The van der Waals surface area contributed by atoms with Crippen LogP contribution in [-0.4, -0.2) is 56.6 Å². The molecule has 0 bridgehead atoms. The topological polar surface area (TPSA) is 86.8 Å². The zero-order chi connectivity index (χ0) is 22.8. The largest absolute Gasteiger partial charge is 0.338 e. The molecule has 9 heteroatoms. The summed E-state index contributed by atoms with van der Waals surface area (Å²) in [5.74, 6) is -1.35. The van der Waals surface area contributed by atoms with Gasteiger partial charge in [-0.1, -0.05) is 6.07 Å². The van der Waals surface area contributed by atoms with E-state index in [2.05, 4.69) is 5.32 Å². The summed E-state index contributed by atoms with van der Waals surface area (Å²) in [7, 11) is -0.735. The molecule has 2 amide bonds. The van der Waals surface area contributed by atoms with E-state index in [1.165, 1.54) is 50.5 Å². The second-order valence-corrected chi connectivity index (χ2v) is 10.0. The molecule has 166 valence electrons. The van der Waals surface area contributed by atoms with Gasteiger partial charge in [0.25, 0.3) is 5.91 Å². The number of anilines is 1. The van der Waals surface area contributed by atoms with Gasteiger partial charge in [0.15, 0.2) is 0 Å². The van der Waals surface area contributed by atoms with E-state index in [-0.39, 0.29) is 23.3 Å². The molecule has 1 saturated heterocycles. The highest BCUT2D eigenvalue weighted by Gasteiger charge is 2.29. The van der Waals surface area contributed by atoms with Gasteiger partial charge in [0, 0.05) is 38.4 Å². The summed E-state index contributed by atoms with van der Waals surface area (Å²) in [6.45, 7) is 2.55. The first kappa shape index (κ1) is 22.9. The number of amides is 2. The molecule has 1 heterocycles. The van der Waals surface area contributed by atoms with Gasteiger partial charge in [0.2, 0.25) is 15.9 Å². The number of hydrogen-bond donors (Lipinski definition) is 1. The van der Waals surface area contributed by atoms with E-state index >= 15 is 0 Å². The fourth-order valence-corrected chi connectivity index (χ4v) is 4.42. The van der Waals surface area contributed by atoms with Crippen LogP contribution in [0.1, 0.15) is 28.8 Å². The van der Waals surface area contributed by atoms with E-state index in [0.717, 1.165) is 9.87 Å². The second kappa shape index (κ2) is 9.15. The third kappa shape index (κ3) is 5.11. The number of rotatable bonds is 5. The van der Waals surface area contributed by atoms with E-state index in [1.54, 1.807) is 17.9 Å². The molecule has 0 spiro atoms. The van der Waals surface area contributed by atoms with Crippen LogP contribution in [-0.2, 0) is 14.8 Å². The number of carbonyl (C=O) groups excluding carboxylic acids is 2. The van der Waals surface area contributed by atoms with Crippen LogP contribution in [0.3, 0.4) is 0 Å². The number of hydrogen-bond acceptors (Lipinski definition) is 4. The van der Waals surface area contributed by atoms with Crippen LogP contribution < -0.4 is 5.32 Å². The highest BCUT2D eigenvalue weighted by molar-refractivity contribution is 7.89. The summed E-state index contributed by atoms with van der Waals surface area (Å²) in [5.41, 5.74) is 1.54. The Hall–Kier alpha value is -2.78. The number of carbonyl (C=O) groups is 2. The first-order valence-electron chi connectivity index (χ1n) is 9.98. The van der Waals surface area contributed by atoms with Crippen molar-refractivity contribution in [3.8, 4) is 0 Å². The van der Waals surface area contributed by atoms with Crippen molar-refractivity contribution in [1.82, 2.24) is 9.21 Å². The van der Waals surface area contributed by atoms with Gasteiger partial charge < -0.3 is 10.2 Å². The second-order valence-electron chi connectivity index (χ2n) is 7.85. The fourth-order valence-electron chi connectivity index (χ4n) is 3.49. The van der Waals surface area contributed by atoms with E-state index in [0.29, 0.717) is 30.6 Å². The van der Waals surface area contributed by atoms with Crippen LogP contribution in [0.15, 0.2) is 47.4 Å². The maximum Gasteiger partial charge on any atom is 0.253 e. The van der Waals surface area contributed by atoms with Crippen molar-refractivity contribution in [3.05, 3.63) is 59.4 Å². The molecule has 1 atom stereocenters. The molecular formula is C22H26FN3O4S. The number of nitrogens with one attached hydrogen (secondary N) is 1. The van der Waals surface area contributed by atoms with Crippen molar-refractivity contribution in [2.24, 2.45) is 5.92 Å². The van der Waals surface area contributed by atoms with Crippen molar-refractivity contribution in [1.29, 1.82) is 0 Å². The molecule has 2 aromatic rings. The molecule has 7 nitrogen and oxygen atoms in total. The highest BCUT2D eigenvalue weighted by atomic mass is 32.2. The number of halogens is 1. The zero-order valence-electron chi connectivity index (χ0n) is 17.8. The maximum atomic E-state index is 13.1. The quantitative estimate of drug-likeness (QED) is 0.764. The minimum atomic E-state index is -3.63. The Morgan fingerprint density at radius 3 is 2.45 bits per heavy atom. The summed E-state index contributed by atoms with van der Waals surface area (Å²) in [6.07, 6.45) is 1.28. The van der Waals surface area contributed by atoms with Gasteiger partial charge in [0.1, 0.15) is 5.82 Å². The minimum Gasteiger partial charge on any atom is -0.338 e. The van der Waals surface area contributed by atoms with Crippen LogP contribution in [0.5, 0.6) is 0 Å². The summed E-state index contributed by atoms with van der Waals surface area (Å²) in [6, 6.07) is 9.94. The third-order valence-corrected chi connectivity index (χ3v) is 7.23. The molecule has 0 aromatic heterocycles. The molecule has 31 heavy (non-hydrogen) atoms. The van der Waals surface area contributed by atoms with Gasteiger partial charge in [-0.2, -0.15) is 0 Å². The average molecular weight is 448 g/mol. The van der Waals surface area contributed by atoms with E-state index < -0.39 is 21.8 Å². The summed E-state index contributed by atoms with van der Waals surface area (Å²) < 4.78 is 39.0. The number of nitrogens with zero attached hydrogens (tertiary/aromatic N) is 2. The SMILES string of the molecule is Cc1ccc(S(=O)(=O)N(C)C)cc1NC(=O)C1CCCN(C(=O)c2ccc(F)cc2)C1. The molecule has 1 N–H and O–H groups in total. The average Bonchev–Trinajstić information content (AvgIpc) is 2.75. The number of sulfonamides is 1. The molecule has 1 aliphatic heterocycles. The number of likely N-dealkylation sites (tertiary alicyclic amines) is 1. The normalized spacial score (nSPS) is 16.9. The summed E-state index contributed by atoms with van der Waals surface area (Å²) >= 11 is 0. The molecule has 3 rings (SSSR count). The van der Waals surface area contributed by atoms with Crippen molar-refractivity contribution in [3.63, 3.8) is 0 Å². The first-order valence-corrected chi connectivity index (χ1v) is 11.4. The zero-order valence-corrected chi connectivity index (χ0v) is 18.6. The standard InChI is InChI=1S/C22H26FN3O4S/c1-15-6-11-19(31(29,30)25(2)3)13-20(15)24-21(27)17-5-4-12-26(14-17)22(28)16-7-9-18(23)10-8-16/h6-11,13,17H,4-5,12,14H2,1-3H3,(H,24,27). The van der Waals surface area contributed by atoms with Gasteiger partial charge in [-0.05, 0) is 61.7 Å².